The van der Waals surface area contributed by atoms with E-state index in [9.17, 15) is 4.57 Å². The van der Waals surface area contributed by atoms with Gasteiger partial charge in [-0.1, -0.05) is 63.1 Å². The van der Waals surface area contributed by atoms with Crippen LogP contribution in [0.25, 0.3) is 21.8 Å². The largest absolute Gasteiger partial charge is 0.326 e. The van der Waals surface area contributed by atoms with Crippen LogP contribution >= 0.6 is 8.25 Å². The van der Waals surface area contributed by atoms with Gasteiger partial charge in [0.15, 0.2) is 0 Å². The number of unbranched alkanes of at least 4 members (excludes halogenated alkanes) is 1. The summed E-state index contributed by atoms with van der Waals surface area (Å²) in [7, 11) is -2.92. The Balaban J connectivity index is 0.000000396. The van der Waals surface area contributed by atoms with Crippen LogP contribution in [0.5, 0.6) is 0 Å². The van der Waals surface area contributed by atoms with Gasteiger partial charge in [0.05, 0.1) is 11.0 Å². The van der Waals surface area contributed by atoms with E-state index >= 15 is 0 Å². The number of benzene rings is 2. The van der Waals surface area contributed by atoms with Crippen molar-refractivity contribution in [1.29, 1.82) is 0 Å². The molecular formula is C17H22NO3P. The van der Waals surface area contributed by atoms with Gasteiger partial charge in [-0.15, -0.1) is 0 Å². The lowest BCUT2D eigenvalue weighted by Crippen LogP contribution is -1.97. The van der Waals surface area contributed by atoms with Gasteiger partial charge in [0.25, 0.3) is 0 Å². The van der Waals surface area contributed by atoms with Crippen LogP contribution in [-0.4, -0.2) is 9.46 Å². The first-order valence-corrected chi connectivity index (χ1v) is 8.77. The topological polar surface area (TPSA) is 51.5 Å². The number of rotatable bonds is 4. The van der Waals surface area contributed by atoms with Crippen molar-refractivity contribution >= 4 is 30.1 Å². The Hall–Kier alpha value is -1.61. The summed E-state index contributed by atoms with van der Waals surface area (Å²) in [5, 5.41) is 2.24. The lowest BCUT2D eigenvalue weighted by atomic mass is 10.2. The van der Waals surface area contributed by atoms with Gasteiger partial charge >= 0.3 is 8.25 Å². The van der Waals surface area contributed by atoms with Gasteiger partial charge in [0.1, 0.15) is 6.73 Å². The predicted molar refractivity (Wildman–Crippen MR) is 92.3 cm³/mol. The summed E-state index contributed by atoms with van der Waals surface area (Å²) in [5.74, 6) is 0. The Morgan fingerprint density at radius 1 is 0.955 bits per heavy atom. The minimum Gasteiger partial charge on any atom is -0.326 e. The zero-order valence-electron chi connectivity index (χ0n) is 13.0. The van der Waals surface area contributed by atoms with E-state index in [4.69, 9.17) is 9.42 Å². The third-order valence-electron chi connectivity index (χ3n) is 3.50. The zero-order chi connectivity index (χ0) is 15.9. The Morgan fingerprint density at radius 3 is 1.82 bits per heavy atom. The van der Waals surface area contributed by atoms with Gasteiger partial charge in [0.2, 0.25) is 0 Å². The number of aromatic nitrogens is 1. The van der Waals surface area contributed by atoms with Gasteiger partial charge in [0, 0.05) is 10.8 Å². The number of hydrogen-bond donors (Lipinski definition) is 1. The minimum atomic E-state index is -2.92. The molecule has 0 saturated heterocycles. The van der Waals surface area contributed by atoms with E-state index in [1.54, 1.807) is 0 Å². The molecule has 118 valence electrons. The number of hydrogen-bond acceptors (Lipinski definition) is 2. The summed E-state index contributed by atoms with van der Waals surface area (Å²) < 4.78 is 17.5. The summed E-state index contributed by atoms with van der Waals surface area (Å²) in [4.78, 5) is 8.81. The highest BCUT2D eigenvalue weighted by Gasteiger charge is 2.09. The fourth-order valence-electron chi connectivity index (χ4n) is 2.26. The molecule has 0 aliphatic heterocycles. The molecule has 0 spiro atoms. The van der Waals surface area contributed by atoms with Crippen LogP contribution in [0.1, 0.15) is 26.7 Å². The normalized spacial score (nSPS) is 12.1. The average Bonchev–Trinajstić information content (AvgIpc) is 2.87. The molecule has 1 heterocycles. The maximum absolute atomic E-state index is 10.7. The van der Waals surface area contributed by atoms with Crippen LogP contribution in [0.3, 0.4) is 0 Å². The van der Waals surface area contributed by atoms with Gasteiger partial charge in [-0.2, -0.15) is 0 Å². The van der Waals surface area contributed by atoms with Crippen LogP contribution in [0, 0.1) is 0 Å². The lowest BCUT2D eigenvalue weighted by Gasteiger charge is -2.05. The summed E-state index contributed by atoms with van der Waals surface area (Å²) in [6, 6.07) is 15.9. The van der Waals surface area contributed by atoms with Crippen LogP contribution in [0.15, 0.2) is 48.5 Å². The third-order valence-corrected chi connectivity index (χ3v) is 3.87. The fourth-order valence-corrected chi connectivity index (χ4v) is 2.50. The molecule has 0 aliphatic rings. The van der Waals surface area contributed by atoms with E-state index in [-0.39, 0.29) is 6.73 Å². The molecule has 0 aliphatic carbocycles. The molecule has 2 aromatic carbocycles. The Labute approximate surface area is 131 Å². The highest BCUT2D eigenvalue weighted by atomic mass is 31.1. The van der Waals surface area contributed by atoms with E-state index in [0.29, 0.717) is 0 Å². The van der Waals surface area contributed by atoms with Gasteiger partial charge in [-0.05, 0) is 12.1 Å². The van der Waals surface area contributed by atoms with Crippen LogP contribution in [0.4, 0.5) is 0 Å². The van der Waals surface area contributed by atoms with Crippen LogP contribution in [-0.2, 0) is 15.8 Å². The second-order valence-electron chi connectivity index (χ2n) is 5.00. The molecule has 0 bridgehead atoms. The van der Waals surface area contributed by atoms with Crippen LogP contribution in [0.2, 0.25) is 0 Å². The summed E-state index contributed by atoms with van der Waals surface area (Å²) in [6.07, 6.45) is 2.64. The van der Waals surface area contributed by atoms with Crippen molar-refractivity contribution in [2.24, 2.45) is 0 Å². The van der Waals surface area contributed by atoms with Gasteiger partial charge in [-0.25, -0.2) is 0 Å². The molecule has 1 aromatic heterocycles. The first-order chi connectivity index (χ1) is 10.7. The van der Waals surface area contributed by atoms with E-state index < -0.39 is 8.25 Å². The van der Waals surface area contributed by atoms with E-state index in [2.05, 4.69) is 13.8 Å². The quantitative estimate of drug-likeness (QED) is 0.692. The molecule has 0 radical (unpaired) electrons. The third kappa shape index (κ3) is 3.77. The molecule has 4 nitrogen and oxygen atoms in total. The smallest absolute Gasteiger partial charge is 0.318 e. The highest BCUT2D eigenvalue weighted by molar-refractivity contribution is 7.32. The average molecular weight is 319 g/mol. The van der Waals surface area contributed by atoms with Crippen molar-refractivity contribution in [2.45, 2.75) is 33.4 Å². The fraction of sp³-hybridized carbons (Fsp3) is 0.294. The van der Waals surface area contributed by atoms with Crippen molar-refractivity contribution in [1.82, 2.24) is 4.57 Å². The molecule has 1 unspecified atom stereocenters. The molecule has 3 aromatic rings. The predicted octanol–water partition coefficient (Wildman–Crippen LogP) is 4.96. The second-order valence-corrected chi connectivity index (χ2v) is 5.82. The summed E-state index contributed by atoms with van der Waals surface area (Å²) in [6.45, 7) is 4.45. The number of nitrogens with zero attached hydrogens (tertiary/aromatic N) is 1. The minimum absolute atomic E-state index is 0.0856. The zero-order valence-corrected chi connectivity index (χ0v) is 14.0. The molecule has 0 fully saturated rings. The maximum atomic E-state index is 10.7. The SMILES string of the molecule is CCCC.O=[PH](O)OCn1c2ccccc2c2ccccc21. The lowest BCUT2D eigenvalue weighted by molar-refractivity contribution is 0.226. The maximum Gasteiger partial charge on any atom is 0.318 e. The van der Waals surface area contributed by atoms with Crippen LogP contribution < -0.4 is 0 Å². The number of fused-ring (bicyclic) bond motifs is 3. The van der Waals surface area contributed by atoms with Crippen molar-refractivity contribution in [2.75, 3.05) is 0 Å². The summed E-state index contributed by atoms with van der Waals surface area (Å²) >= 11 is 0. The highest BCUT2D eigenvalue weighted by Crippen LogP contribution is 2.29. The van der Waals surface area contributed by atoms with Crippen molar-refractivity contribution in [3.05, 3.63) is 48.5 Å². The molecule has 5 heteroatoms. The molecule has 1 atom stereocenters. The monoisotopic (exact) mass is 319 g/mol. The first kappa shape index (κ1) is 16.8. The van der Waals surface area contributed by atoms with E-state index in [1.807, 2.05) is 53.1 Å². The second kappa shape index (κ2) is 8.14. The number of para-hydroxylation sites is 2. The van der Waals surface area contributed by atoms with E-state index in [0.717, 1.165) is 21.8 Å². The van der Waals surface area contributed by atoms with Gasteiger partial charge in [-0.3, -0.25) is 9.09 Å². The standard InChI is InChI=1S/C13H12NO3P.C4H10/c15-18(16)17-9-14-12-7-3-1-5-10(12)11-6-2-4-8-13(11)14;1-3-4-2/h1-8,18H,9H2,(H,15,16);3-4H2,1-2H3. The van der Waals surface area contributed by atoms with Crippen molar-refractivity contribution in [3.8, 4) is 0 Å². The molecule has 22 heavy (non-hydrogen) atoms. The van der Waals surface area contributed by atoms with Gasteiger partial charge < -0.3 is 9.46 Å². The molecule has 1 N–H and O–H groups in total. The molecule has 0 amide bonds. The molecule has 3 rings (SSSR count). The molecule has 0 saturated carbocycles. The first-order valence-electron chi connectivity index (χ1n) is 7.50. The summed E-state index contributed by atoms with van der Waals surface area (Å²) in [5.41, 5.74) is 2.00. The van der Waals surface area contributed by atoms with Crippen molar-refractivity contribution < 1.29 is 14.0 Å². The Kier molecular flexibility index (Phi) is 6.20. The Morgan fingerprint density at radius 2 is 1.41 bits per heavy atom. The van der Waals surface area contributed by atoms with Crippen molar-refractivity contribution in [3.63, 3.8) is 0 Å². The van der Waals surface area contributed by atoms with E-state index in [1.165, 1.54) is 12.8 Å². The Bertz CT molecular complexity index is 712. The molecular weight excluding hydrogens is 297 g/mol.